The molecule has 0 aliphatic carbocycles. The Hall–Kier alpha value is -0.440. The quantitative estimate of drug-likeness (QED) is 0.494. The topological polar surface area (TPSA) is 120 Å². The zero-order chi connectivity index (χ0) is 10.9. The molecule has 0 aromatic carbocycles. The lowest BCUT2D eigenvalue weighted by molar-refractivity contribution is -0.115. The molecule has 0 bridgehead atoms. The summed E-state index contributed by atoms with van der Waals surface area (Å²) in [6.07, 6.45) is 0. The number of carbonyl (C=O) groups is 2. The minimum absolute atomic E-state index is 0.166. The highest BCUT2D eigenvalue weighted by Crippen LogP contribution is 2.13. The monoisotopic (exact) mass is 238 g/mol. The molecule has 0 amide bonds. The van der Waals surface area contributed by atoms with E-state index in [1.807, 2.05) is 0 Å². The van der Waals surface area contributed by atoms with Crippen LogP contribution < -0.4 is 11.5 Å². The maximum atomic E-state index is 11.2. The van der Waals surface area contributed by atoms with Gasteiger partial charge >= 0.3 is 0 Å². The largest absolute Gasteiger partial charge is 0.320 e. The lowest BCUT2D eigenvalue weighted by Gasteiger charge is -2.17. The van der Waals surface area contributed by atoms with Gasteiger partial charge in [-0.15, -0.1) is 0 Å². The molecule has 0 radical (unpaired) electrons. The lowest BCUT2D eigenvalue weighted by atomic mass is 10.4. The molecule has 1 fully saturated rings. The van der Waals surface area contributed by atoms with E-state index in [4.69, 9.17) is 11.5 Å². The van der Waals surface area contributed by atoms with Gasteiger partial charge in [-0.25, -0.2) is 8.42 Å². The predicted octanol–water partition coefficient (Wildman–Crippen LogP) is -2.14. The summed E-state index contributed by atoms with van der Waals surface area (Å²) < 4.78 is 22.5. The van der Waals surface area contributed by atoms with Crippen LogP contribution in [0.3, 0.4) is 0 Å². The van der Waals surface area contributed by atoms with Gasteiger partial charge in [0.25, 0.3) is 20.1 Å². The summed E-state index contributed by atoms with van der Waals surface area (Å²) in [5, 5.41) is -2.46. The number of nitrogens with two attached hydrogens (primary N) is 2. The van der Waals surface area contributed by atoms with E-state index in [1.165, 1.54) is 11.8 Å². The molecule has 14 heavy (non-hydrogen) atoms. The number of rotatable bonds is 0. The Kier molecular flexibility index (Phi) is 3.30. The smallest absolute Gasteiger partial charge is 0.276 e. The van der Waals surface area contributed by atoms with Crippen molar-refractivity contribution in [1.82, 2.24) is 0 Å². The molecule has 80 valence electrons. The summed E-state index contributed by atoms with van der Waals surface area (Å²) in [4.78, 5) is 22.3. The van der Waals surface area contributed by atoms with Gasteiger partial charge in [0.05, 0.1) is 12.1 Å². The first-order chi connectivity index (χ1) is 6.37. The van der Waals surface area contributed by atoms with Crippen LogP contribution in [0.5, 0.6) is 0 Å². The summed E-state index contributed by atoms with van der Waals surface area (Å²) in [6, 6.07) is -2.28. The first-order valence-corrected chi connectivity index (χ1v) is 6.43. The number of sulfone groups is 1. The minimum Gasteiger partial charge on any atom is -0.320 e. The molecule has 0 saturated carbocycles. The van der Waals surface area contributed by atoms with Gasteiger partial charge in [0.1, 0.15) is 0 Å². The van der Waals surface area contributed by atoms with Gasteiger partial charge in [0.2, 0.25) is 0 Å². The summed E-state index contributed by atoms with van der Waals surface area (Å²) in [5.74, 6) is 0.331. The molecular formula is C6H10N2O4S2. The average Bonchev–Trinajstić information content (AvgIpc) is 2.13. The van der Waals surface area contributed by atoms with E-state index in [0.29, 0.717) is 0 Å². The van der Waals surface area contributed by atoms with Crippen LogP contribution in [-0.2, 0) is 19.4 Å². The van der Waals surface area contributed by atoms with Crippen molar-refractivity contribution in [3.8, 4) is 0 Å². The molecule has 2 atom stereocenters. The zero-order valence-electron chi connectivity index (χ0n) is 7.17. The third kappa shape index (κ3) is 1.97. The van der Waals surface area contributed by atoms with Gasteiger partial charge in [-0.3, -0.25) is 9.59 Å². The third-order valence-electron chi connectivity index (χ3n) is 1.73. The van der Waals surface area contributed by atoms with Gasteiger partial charge in [-0.2, -0.15) is 11.8 Å². The van der Waals surface area contributed by atoms with Crippen LogP contribution in [0.25, 0.3) is 0 Å². The standard InChI is InChI=1S/C6H10N2O4S2/c7-3-1-13-2-4(8)6(10)14(11,12)5(3)9/h3-4H,1-2,7-8H2/t3-,4-/m0/s1. The van der Waals surface area contributed by atoms with E-state index in [1.54, 1.807) is 0 Å². The van der Waals surface area contributed by atoms with Gasteiger partial charge < -0.3 is 11.5 Å². The van der Waals surface area contributed by atoms with Crippen molar-refractivity contribution in [2.75, 3.05) is 11.5 Å². The third-order valence-corrected chi connectivity index (χ3v) is 4.58. The van der Waals surface area contributed by atoms with Crippen molar-refractivity contribution in [3.63, 3.8) is 0 Å². The van der Waals surface area contributed by atoms with E-state index in [0.717, 1.165) is 0 Å². The Balaban J connectivity index is 3.09. The molecule has 1 aliphatic heterocycles. The highest BCUT2D eigenvalue weighted by molar-refractivity contribution is 8.19. The van der Waals surface area contributed by atoms with Crippen molar-refractivity contribution in [1.29, 1.82) is 0 Å². The number of hydrogen-bond donors (Lipinski definition) is 2. The second kappa shape index (κ2) is 3.97. The van der Waals surface area contributed by atoms with Gasteiger partial charge in [0, 0.05) is 11.5 Å². The second-order valence-corrected chi connectivity index (χ2v) is 5.78. The van der Waals surface area contributed by atoms with Crippen molar-refractivity contribution in [2.45, 2.75) is 12.1 Å². The van der Waals surface area contributed by atoms with Gasteiger partial charge in [0.15, 0.2) is 0 Å². The van der Waals surface area contributed by atoms with Crippen LogP contribution in [0, 0.1) is 0 Å². The minimum atomic E-state index is -4.44. The molecule has 0 aromatic heterocycles. The van der Waals surface area contributed by atoms with Gasteiger partial charge in [-0.1, -0.05) is 0 Å². The van der Waals surface area contributed by atoms with E-state index in [2.05, 4.69) is 0 Å². The predicted molar refractivity (Wildman–Crippen MR) is 52.2 cm³/mol. The van der Waals surface area contributed by atoms with E-state index >= 15 is 0 Å². The zero-order valence-corrected chi connectivity index (χ0v) is 8.81. The summed E-state index contributed by atoms with van der Waals surface area (Å²) >= 11 is 1.20. The van der Waals surface area contributed by atoms with Crippen LogP contribution in [0.1, 0.15) is 0 Å². The fourth-order valence-corrected chi connectivity index (χ4v) is 3.28. The molecule has 1 rings (SSSR count). The number of carbonyl (C=O) groups excluding carboxylic acids is 2. The van der Waals surface area contributed by atoms with Crippen molar-refractivity contribution in [2.24, 2.45) is 11.5 Å². The summed E-state index contributed by atoms with van der Waals surface area (Å²) in [7, 11) is -4.44. The van der Waals surface area contributed by atoms with E-state index in [-0.39, 0.29) is 11.5 Å². The van der Waals surface area contributed by atoms with Crippen LogP contribution in [0.4, 0.5) is 0 Å². The molecule has 1 saturated heterocycles. The van der Waals surface area contributed by atoms with Crippen molar-refractivity contribution < 1.29 is 18.0 Å². The number of hydrogen-bond acceptors (Lipinski definition) is 7. The van der Waals surface area contributed by atoms with Gasteiger partial charge in [-0.05, 0) is 0 Å². The maximum Gasteiger partial charge on any atom is 0.276 e. The summed E-state index contributed by atoms with van der Waals surface area (Å²) in [5.41, 5.74) is 10.6. The Morgan fingerprint density at radius 1 is 1.07 bits per heavy atom. The molecule has 0 aromatic rings. The average molecular weight is 238 g/mol. The van der Waals surface area contributed by atoms with Crippen LogP contribution in [-0.4, -0.2) is 42.2 Å². The Morgan fingerprint density at radius 3 is 1.79 bits per heavy atom. The molecule has 8 heteroatoms. The van der Waals surface area contributed by atoms with Crippen molar-refractivity contribution >= 4 is 31.8 Å². The maximum absolute atomic E-state index is 11.2. The van der Waals surface area contributed by atoms with E-state index in [9.17, 15) is 18.0 Å². The Bertz CT molecular complexity index is 336. The van der Waals surface area contributed by atoms with E-state index < -0.39 is 32.2 Å². The molecule has 6 nitrogen and oxygen atoms in total. The van der Waals surface area contributed by atoms with Crippen LogP contribution >= 0.6 is 11.8 Å². The van der Waals surface area contributed by atoms with Crippen LogP contribution in [0.2, 0.25) is 0 Å². The second-order valence-electron chi connectivity index (χ2n) is 2.89. The number of thioether (sulfide) groups is 1. The molecule has 1 aliphatic rings. The lowest BCUT2D eigenvalue weighted by Crippen LogP contribution is -2.49. The molecular weight excluding hydrogens is 228 g/mol. The molecule has 1 heterocycles. The molecule has 0 unspecified atom stereocenters. The first-order valence-electron chi connectivity index (χ1n) is 3.79. The molecule has 0 spiro atoms. The highest BCUT2D eigenvalue weighted by atomic mass is 32.2. The fourth-order valence-electron chi connectivity index (χ4n) is 0.956. The first kappa shape index (κ1) is 11.6. The Morgan fingerprint density at radius 2 is 1.43 bits per heavy atom. The Labute approximate surface area is 85.3 Å². The normalized spacial score (nSPS) is 33.6. The summed E-state index contributed by atoms with van der Waals surface area (Å²) in [6.45, 7) is 0. The molecule has 4 N–H and O–H groups in total. The van der Waals surface area contributed by atoms with Crippen molar-refractivity contribution in [3.05, 3.63) is 0 Å². The fraction of sp³-hybridized carbons (Fsp3) is 0.667. The van der Waals surface area contributed by atoms with Crippen LogP contribution in [0.15, 0.2) is 0 Å². The SMILES string of the molecule is N[C@H]1CSC[C@H](N)C(=O)S(=O)(=O)C1=O. The highest BCUT2D eigenvalue weighted by Gasteiger charge is 2.39.